The minimum Gasteiger partial charge on any atom is -0.494 e. The lowest BCUT2D eigenvalue weighted by molar-refractivity contribution is -0.366. The monoisotopic (exact) mass is 521 g/mol. The molecule has 1 unspecified atom stereocenters. The van der Waals surface area contributed by atoms with E-state index in [1.807, 2.05) is 37.3 Å². The minimum absolute atomic E-state index is 0.174. The van der Waals surface area contributed by atoms with Crippen molar-refractivity contribution in [2.24, 2.45) is 0 Å². The zero-order valence-corrected chi connectivity index (χ0v) is 21.5. The third-order valence-corrected chi connectivity index (χ3v) is 7.55. The Bertz CT molecular complexity index is 998. The molecule has 2 fully saturated rings. The van der Waals surface area contributed by atoms with Gasteiger partial charge in [0.1, 0.15) is 30.2 Å². The van der Waals surface area contributed by atoms with Crippen LogP contribution < -0.4 is 4.74 Å². The molecule has 2 heterocycles. The molecule has 0 radical (unpaired) electrons. The highest BCUT2D eigenvalue weighted by Crippen LogP contribution is 2.43. The molecule has 198 valence electrons. The van der Waals surface area contributed by atoms with E-state index in [0.29, 0.717) is 17.2 Å². The molecule has 0 aromatic heterocycles. The molecule has 4 rings (SSSR count). The normalized spacial score (nSPS) is 30.2. The van der Waals surface area contributed by atoms with Crippen molar-refractivity contribution in [1.82, 2.24) is 4.90 Å². The van der Waals surface area contributed by atoms with Gasteiger partial charge in [0.05, 0.1) is 19.3 Å². The molecule has 36 heavy (non-hydrogen) atoms. The number of aliphatic hydroxyl groups is 4. The third kappa shape index (κ3) is 5.14. The molecule has 6 atom stereocenters. The summed E-state index contributed by atoms with van der Waals surface area (Å²) in [6.45, 7) is 3.79. The van der Waals surface area contributed by atoms with E-state index in [4.69, 9.17) is 25.8 Å². The van der Waals surface area contributed by atoms with Gasteiger partial charge in [-0.25, -0.2) is 0 Å². The van der Waals surface area contributed by atoms with E-state index in [2.05, 4.69) is 4.90 Å². The molecule has 2 aliphatic heterocycles. The number of benzene rings is 2. The maximum Gasteiger partial charge on any atom is 0.224 e. The Hall–Kier alpha value is -1.75. The number of aliphatic hydroxyl groups excluding tert-OH is 4. The van der Waals surface area contributed by atoms with Gasteiger partial charge < -0.3 is 34.6 Å². The van der Waals surface area contributed by atoms with Crippen LogP contribution in [0.2, 0.25) is 5.02 Å². The Kier molecular flexibility index (Phi) is 8.91. The fourth-order valence-electron chi connectivity index (χ4n) is 5.31. The van der Waals surface area contributed by atoms with E-state index in [1.165, 1.54) is 13.5 Å². The SMILES string of the molecule is CCOc1ccc(C(c2cc([C@]3(OC)O[C@H](CO)[C@@H](O)[C@H](O)[C@H]3O)ccc2Cl)N2CCCCC2)cc1. The average molecular weight is 522 g/mol. The number of hydrogen-bond acceptors (Lipinski definition) is 8. The summed E-state index contributed by atoms with van der Waals surface area (Å²) < 4.78 is 17.2. The quantitative estimate of drug-likeness (QED) is 0.419. The van der Waals surface area contributed by atoms with E-state index >= 15 is 0 Å². The zero-order chi connectivity index (χ0) is 25.9. The van der Waals surface area contributed by atoms with Gasteiger partial charge in [-0.2, -0.15) is 0 Å². The smallest absolute Gasteiger partial charge is 0.224 e. The standard InChI is InChI=1S/C27H36ClNO7/c1-3-35-19-10-7-17(8-11-19)23(29-13-5-4-6-14-29)20-15-18(9-12-21(20)28)27(34-2)26(33)25(32)24(31)22(16-30)36-27/h7-12,15,22-26,30-33H,3-6,13-14,16H2,1-2H3/t22-,23?,24-,25+,26-,27+/m1/s1. The summed E-state index contributed by atoms with van der Waals surface area (Å²) in [5, 5.41) is 42.1. The number of nitrogens with zero attached hydrogens (tertiary/aromatic N) is 1. The molecule has 0 spiro atoms. The van der Waals surface area contributed by atoms with Gasteiger partial charge >= 0.3 is 0 Å². The highest BCUT2D eigenvalue weighted by molar-refractivity contribution is 6.31. The number of rotatable bonds is 8. The fraction of sp³-hybridized carbons (Fsp3) is 0.556. The molecular formula is C27H36ClNO7. The van der Waals surface area contributed by atoms with Crippen molar-refractivity contribution in [3.8, 4) is 5.75 Å². The number of ether oxygens (including phenoxy) is 3. The van der Waals surface area contributed by atoms with Crippen LogP contribution in [0.1, 0.15) is 48.9 Å². The van der Waals surface area contributed by atoms with Gasteiger partial charge in [-0.05, 0) is 68.2 Å². The summed E-state index contributed by atoms with van der Waals surface area (Å²) in [6.07, 6.45) is -2.47. The summed E-state index contributed by atoms with van der Waals surface area (Å²) in [5.41, 5.74) is 2.27. The summed E-state index contributed by atoms with van der Waals surface area (Å²) in [7, 11) is 1.35. The van der Waals surface area contributed by atoms with Crippen LogP contribution in [0, 0.1) is 0 Å². The molecule has 4 N–H and O–H groups in total. The van der Waals surface area contributed by atoms with Crippen molar-refractivity contribution in [3.63, 3.8) is 0 Å². The zero-order valence-electron chi connectivity index (χ0n) is 20.7. The summed E-state index contributed by atoms with van der Waals surface area (Å²) in [6, 6.07) is 13.0. The largest absolute Gasteiger partial charge is 0.494 e. The van der Waals surface area contributed by atoms with Crippen LogP contribution in [0.15, 0.2) is 42.5 Å². The molecule has 2 aliphatic rings. The molecule has 2 saturated heterocycles. The van der Waals surface area contributed by atoms with Crippen LogP contribution in [-0.4, -0.2) is 83.2 Å². The summed E-state index contributed by atoms with van der Waals surface area (Å²) >= 11 is 6.79. The first kappa shape index (κ1) is 27.3. The Morgan fingerprint density at radius 1 is 1.06 bits per heavy atom. The lowest BCUT2D eigenvalue weighted by atomic mass is 9.86. The van der Waals surface area contributed by atoms with Gasteiger partial charge in [-0.3, -0.25) is 4.90 Å². The summed E-state index contributed by atoms with van der Waals surface area (Å²) in [4.78, 5) is 2.39. The van der Waals surface area contributed by atoms with E-state index in [-0.39, 0.29) is 6.04 Å². The van der Waals surface area contributed by atoms with Crippen molar-refractivity contribution in [1.29, 1.82) is 0 Å². The van der Waals surface area contributed by atoms with Gasteiger partial charge in [0, 0.05) is 17.7 Å². The number of halogens is 1. The number of hydrogen-bond donors (Lipinski definition) is 4. The van der Waals surface area contributed by atoms with E-state index < -0.39 is 36.8 Å². The topological polar surface area (TPSA) is 112 Å². The van der Waals surface area contributed by atoms with Crippen molar-refractivity contribution in [2.75, 3.05) is 33.4 Å². The maximum absolute atomic E-state index is 11.0. The Morgan fingerprint density at radius 3 is 2.36 bits per heavy atom. The van der Waals surface area contributed by atoms with Crippen LogP contribution >= 0.6 is 11.6 Å². The fourth-order valence-corrected chi connectivity index (χ4v) is 5.53. The van der Waals surface area contributed by atoms with Crippen molar-refractivity contribution in [2.45, 2.75) is 62.4 Å². The highest BCUT2D eigenvalue weighted by atomic mass is 35.5. The van der Waals surface area contributed by atoms with Gasteiger partial charge in [-0.1, -0.05) is 36.2 Å². The Labute approximate surface area is 217 Å². The first-order valence-electron chi connectivity index (χ1n) is 12.5. The lowest BCUT2D eigenvalue weighted by Crippen LogP contribution is -2.64. The Morgan fingerprint density at radius 2 is 1.75 bits per heavy atom. The van der Waals surface area contributed by atoms with Crippen LogP contribution in [0.25, 0.3) is 0 Å². The van der Waals surface area contributed by atoms with Crippen molar-refractivity contribution in [3.05, 3.63) is 64.2 Å². The van der Waals surface area contributed by atoms with Crippen LogP contribution in [0.4, 0.5) is 0 Å². The molecule has 9 heteroatoms. The van der Waals surface area contributed by atoms with Gasteiger partial charge in [-0.15, -0.1) is 0 Å². The van der Waals surface area contributed by atoms with Gasteiger partial charge in [0.25, 0.3) is 0 Å². The van der Waals surface area contributed by atoms with Crippen LogP contribution in [-0.2, 0) is 15.3 Å². The molecule has 0 aliphatic carbocycles. The minimum atomic E-state index is -1.81. The maximum atomic E-state index is 11.0. The first-order chi connectivity index (χ1) is 17.4. The molecular weight excluding hydrogens is 486 g/mol. The second-order valence-corrected chi connectivity index (χ2v) is 9.78. The molecule has 0 bridgehead atoms. The summed E-state index contributed by atoms with van der Waals surface area (Å²) in [5.74, 6) is -1.02. The first-order valence-corrected chi connectivity index (χ1v) is 12.9. The van der Waals surface area contributed by atoms with Crippen molar-refractivity contribution < 1.29 is 34.6 Å². The predicted octanol–water partition coefficient (Wildman–Crippen LogP) is 2.59. The van der Waals surface area contributed by atoms with E-state index in [1.54, 1.807) is 12.1 Å². The average Bonchev–Trinajstić information content (AvgIpc) is 2.91. The third-order valence-electron chi connectivity index (χ3n) is 7.21. The molecule has 2 aromatic carbocycles. The molecule has 0 saturated carbocycles. The Balaban J connectivity index is 1.80. The predicted molar refractivity (Wildman–Crippen MR) is 135 cm³/mol. The van der Waals surface area contributed by atoms with E-state index in [9.17, 15) is 20.4 Å². The lowest BCUT2D eigenvalue weighted by Gasteiger charge is -2.48. The molecule has 8 nitrogen and oxygen atoms in total. The molecule has 2 aromatic rings. The van der Waals surface area contributed by atoms with Crippen molar-refractivity contribution >= 4 is 11.6 Å². The van der Waals surface area contributed by atoms with Gasteiger partial charge in [0.15, 0.2) is 0 Å². The number of piperidine rings is 1. The number of likely N-dealkylation sites (tertiary alicyclic amines) is 1. The van der Waals surface area contributed by atoms with E-state index in [0.717, 1.165) is 42.8 Å². The number of methoxy groups -OCH3 is 1. The second-order valence-electron chi connectivity index (χ2n) is 9.37. The molecule has 0 amide bonds. The van der Waals surface area contributed by atoms with Gasteiger partial charge in [0.2, 0.25) is 5.79 Å². The van der Waals surface area contributed by atoms with Crippen LogP contribution in [0.3, 0.4) is 0 Å². The second kappa shape index (κ2) is 11.8. The van der Waals surface area contributed by atoms with Crippen LogP contribution in [0.5, 0.6) is 5.75 Å². The highest BCUT2D eigenvalue weighted by Gasteiger charge is 2.55.